The van der Waals surface area contributed by atoms with Crippen molar-refractivity contribution in [1.29, 1.82) is 0 Å². The molecule has 176 valence electrons. The summed E-state index contributed by atoms with van der Waals surface area (Å²) in [5.74, 6) is -0.154. The smallest absolute Gasteiger partial charge is 0.290 e. The Labute approximate surface area is 193 Å². The summed E-state index contributed by atoms with van der Waals surface area (Å²) in [5, 5.41) is 10.7. The lowest BCUT2D eigenvalue weighted by atomic mass is 9.94. The van der Waals surface area contributed by atoms with Crippen LogP contribution >= 0.6 is 0 Å². The number of benzene rings is 1. The molecule has 0 saturated carbocycles. The maximum atomic E-state index is 13.3. The average molecular weight is 456 g/mol. The Balaban J connectivity index is 2.07. The standard InChI is InChI=1S/C25H29NO7/c1-5-13-32-18-11-9-17(15-20(18)31-6-2)22-21(23(27)19-10-8-16(3)33-19)24(28)25(29)26(22)12-7-14-30-4/h5,8-11,15,22,28H,1,6-7,12-14H2,2-4H3. The summed E-state index contributed by atoms with van der Waals surface area (Å²) in [6.45, 7) is 8.63. The molecule has 1 aliphatic heterocycles. The third-order valence-electron chi connectivity index (χ3n) is 5.20. The molecule has 8 nitrogen and oxygen atoms in total. The Hall–Kier alpha value is -3.52. The van der Waals surface area contributed by atoms with E-state index in [1.807, 2.05) is 6.92 Å². The summed E-state index contributed by atoms with van der Waals surface area (Å²) in [4.78, 5) is 27.8. The molecule has 1 aromatic carbocycles. The average Bonchev–Trinajstić information content (AvgIpc) is 3.35. The van der Waals surface area contributed by atoms with Gasteiger partial charge in [-0.05, 0) is 50.1 Å². The van der Waals surface area contributed by atoms with Gasteiger partial charge in [0.2, 0.25) is 5.78 Å². The molecular weight excluding hydrogens is 426 g/mol. The number of amides is 1. The SMILES string of the molecule is C=CCOc1ccc(C2C(C(=O)c3ccc(C)o3)=C(O)C(=O)N2CCCOC)cc1OCC. The van der Waals surface area contributed by atoms with Crippen molar-refractivity contribution < 1.29 is 33.3 Å². The van der Waals surface area contributed by atoms with Crippen molar-refractivity contribution in [2.75, 3.05) is 33.5 Å². The van der Waals surface area contributed by atoms with E-state index in [0.717, 1.165) is 0 Å². The maximum absolute atomic E-state index is 13.3. The van der Waals surface area contributed by atoms with E-state index in [-0.39, 0.29) is 17.9 Å². The fourth-order valence-electron chi connectivity index (χ4n) is 3.76. The number of ketones is 1. The number of aryl methyl sites for hydroxylation is 1. The molecule has 1 atom stereocenters. The molecule has 1 amide bonds. The zero-order valence-corrected chi connectivity index (χ0v) is 19.1. The van der Waals surface area contributed by atoms with Gasteiger partial charge in [-0.25, -0.2) is 0 Å². The first-order valence-electron chi connectivity index (χ1n) is 10.8. The summed E-state index contributed by atoms with van der Waals surface area (Å²) < 4.78 is 22.0. The molecule has 0 fully saturated rings. The molecule has 0 radical (unpaired) electrons. The van der Waals surface area contributed by atoms with Crippen molar-refractivity contribution in [2.24, 2.45) is 0 Å². The van der Waals surface area contributed by atoms with Crippen LogP contribution in [0.1, 0.15) is 41.3 Å². The molecule has 1 aliphatic rings. The molecule has 1 aromatic heterocycles. The predicted octanol–water partition coefficient (Wildman–Crippen LogP) is 4.17. The van der Waals surface area contributed by atoms with Gasteiger partial charge < -0.3 is 28.6 Å². The van der Waals surface area contributed by atoms with E-state index in [9.17, 15) is 14.7 Å². The zero-order chi connectivity index (χ0) is 24.0. The van der Waals surface area contributed by atoms with Gasteiger partial charge in [-0.2, -0.15) is 0 Å². The van der Waals surface area contributed by atoms with Crippen molar-refractivity contribution in [3.63, 3.8) is 0 Å². The Morgan fingerprint density at radius 1 is 1.24 bits per heavy atom. The third kappa shape index (κ3) is 5.12. The highest BCUT2D eigenvalue weighted by molar-refractivity contribution is 6.15. The summed E-state index contributed by atoms with van der Waals surface area (Å²) in [6.07, 6.45) is 2.16. The van der Waals surface area contributed by atoms with E-state index >= 15 is 0 Å². The van der Waals surface area contributed by atoms with Crippen LogP contribution in [0.3, 0.4) is 0 Å². The van der Waals surface area contributed by atoms with Crippen molar-refractivity contribution in [2.45, 2.75) is 26.3 Å². The van der Waals surface area contributed by atoms with Crippen LogP contribution in [-0.2, 0) is 9.53 Å². The minimum absolute atomic E-state index is 0.0334. The van der Waals surface area contributed by atoms with E-state index in [0.29, 0.717) is 49.1 Å². The molecule has 1 unspecified atom stereocenters. The molecule has 0 aliphatic carbocycles. The molecule has 2 heterocycles. The molecular formula is C25H29NO7. The van der Waals surface area contributed by atoms with Gasteiger partial charge in [-0.15, -0.1) is 0 Å². The minimum atomic E-state index is -0.820. The van der Waals surface area contributed by atoms with Gasteiger partial charge >= 0.3 is 0 Å². The molecule has 3 rings (SSSR count). The fraction of sp³-hybridized carbons (Fsp3) is 0.360. The predicted molar refractivity (Wildman–Crippen MR) is 122 cm³/mol. The van der Waals surface area contributed by atoms with Crippen LogP contribution in [-0.4, -0.2) is 55.2 Å². The van der Waals surface area contributed by atoms with Gasteiger partial charge in [0, 0.05) is 20.3 Å². The van der Waals surface area contributed by atoms with Crippen molar-refractivity contribution >= 4 is 11.7 Å². The summed E-state index contributed by atoms with van der Waals surface area (Å²) in [5.41, 5.74) is 0.569. The molecule has 33 heavy (non-hydrogen) atoms. The van der Waals surface area contributed by atoms with Crippen LogP contribution in [0.2, 0.25) is 0 Å². The van der Waals surface area contributed by atoms with Crippen LogP contribution in [0, 0.1) is 6.92 Å². The van der Waals surface area contributed by atoms with Crippen molar-refractivity contribution in [3.05, 3.63) is 71.4 Å². The van der Waals surface area contributed by atoms with E-state index in [1.165, 1.54) is 11.0 Å². The molecule has 1 N–H and O–H groups in total. The maximum Gasteiger partial charge on any atom is 0.290 e. The molecule has 0 saturated heterocycles. The summed E-state index contributed by atoms with van der Waals surface area (Å²) >= 11 is 0. The lowest BCUT2D eigenvalue weighted by Gasteiger charge is -2.27. The van der Waals surface area contributed by atoms with Crippen molar-refractivity contribution in [3.8, 4) is 11.5 Å². The molecule has 2 aromatic rings. The second-order valence-electron chi connectivity index (χ2n) is 7.49. The van der Waals surface area contributed by atoms with Gasteiger partial charge in [0.05, 0.1) is 18.2 Å². The number of Topliss-reactive ketones (excluding diaryl/α,β-unsaturated/α-hetero) is 1. The van der Waals surface area contributed by atoms with Gasteiger partial charge in [0.25, 0.3) is 5.91 Å². The Bertz CT molecular complexity index is 1050. The Kier molecular flexibility index (Phi) is 7.95. The minimum Gasteiger partial charge on any atom is -0.503 e. The van der Waals surface area contributed by atoms with E-state index in [1.54, 1.807) is 44.4 Å². The summed E-state index contributed by atoms with van der Waals surface area (Å²) in [7, 11) is 1.57. The first-order valence-corrected chi connectivity index (χ1v) is 10.8. The highest BCUT2D eigenvalue weighted by Gasteiger charge is 2.44. The number of carbonyl (C=O) groups is 2. The van der Waals surface area contributed by atoms with Gasteiger partial charge in [0.1, 0.15) is 12.4 Å². The first-order chi connectivity index (χ1) is 15.9. The number of ether oxygens (including phenoxy) is 3. The zero-order valence-electron chi connectivity index (χ0n) is 19.1. The largest absolute Gasteiger partial charge is 0.503 e. The van der Waals surface area contributed by atoms with Crippen LogP contribution in [0.4, 0.5) is 0 Å². The van der Waals surface area contributed by atoms with Crippen LogP contribution < -0.4 is 9.47 Å². The second-order valence-corrected chi connectivity index (χ2v) is 7.49. The van der Waals surface area contributed by atoms with E-state index < -0.39 is 23.5 Å². The number of methoxy groups -OCH3 is 1. The van der Waals surface area contributed by atoms with Crippen LogP contribution in [0.15, 0.2) is 58.7 Å². The van der Waals surface area contributed by atoms with E-state index in [4.69, 9.17) is 18.6 Å². The number of hydrogen-bond donors (Lipinski definition) is 1. The lowest BCUT2D eigenvalue weighted by molar-refractivity contribution is -0.129. The number of furan rings is 1. The Morgan fingerprint density at radius 3 is 2.67 bits per heavy atom. The lowest BCUT2D eigenvalue weighted by Crippen LogP contribution is -2.32. The number of carbonyl (C=O) groups excluding carboxylic acids is 2. The quantitative estimate of drug-likeness (QED) is 0.291. The number of hydrogen-bond acceptors (Lipinski definition) is 7. The monoisotopic (exact) mass is 455 g/mol. The second kappa shape index (κ2) is 10.9. The normalized spacial score (nSPS) is 15.8. The number of nitrogens with zero attached hydrogens (tertiary/aromatic N) is 1. The molecule has 0 spiro atoms. The van der Waals surface area contributed by atoms with E-state index in [2.05, 4.69) is 6.58 Å². The summed E-state index contributed by atoms with van der Waals surface area (Å²) in [6, 6.07) is 7.57. The highest BCUT2D eigenvalue weighted by atomic mass is 16.5. The van der Waals surface area contributed by atoms with Crippen LogP contribution in [0.25, 0.3) is 0 Å². The Morgan fingerprint density at radius 2 is 2.03 bits per heavy atom. The van der Waals surface area contributed by atoms with Gasteiger partial charge in [-0.1, -0.05) is 18.7 Å². The van der Waals surface area contributed by atoms with Gasteiger partial charge in [0.15, 0.2) is 23.0 Å². The highest BCUT2D eigenvalue weighted by Crippen LogP contribution is 2.42. The fourth-order valence-corrected chi connectivity index (χ4v) is 3.76. The topological polar surface area (TPSA) is 98.4 Å². The third-order valence-corrected chi connectivity index (χ3v) is 5.20. The van der Waals surface area contributed by atoms with Crippen molar-refractivity contribution in [1.82, 2.24) is 4.90 Å². The molecule has 0 bridgehead atoms. The van der Waals surface area contributed by atoms with Gasteiger partial charge in [-0.3, -0.25) is 9.59 Å². The number of aliphatic hydroxyl groups is 1. The molecule has 8 heteroatoms. The van der Waals surface area contributed by atoms with Crippen LogP contribution in [0.5, 0.6) is 11.5 Å². The number of aliphatic hydroxyl groups excluding tert-OH is 1. The first kappa shape index (κ1) is 24.1. The number of rotatable bonds is 12.